The molecule has 3 aromatic heterocycles. The number of phenols is 2. The van der Waals surface area contributed by atoms with Crippen molar-refractivity contribution in [2.75, 3.05) is 7.05 Å². The molecule has 0 aliphatic rings. The lowest BCUT2D eigenvalue weighted by Crippen LogP contribution is -2.23. The number of alkyl halides is 6. The molecule has 19 heteroatoms. The fraction of sp³-hybridized carbons (Fsp3) is 0.161. The van der Waals surface area contributed by atoms with E-state index in [0.717, 1.165) is 16.6 Å². The molecule has 0 aliphatic carbocycles. The van der Waals surface area contributed by atoms with Crippen LogP contribution in [-0.4, -0.2) is 54.1 Å². The molecule has 5 N–H and O–H groups in total. The number of benzene rings is 2. The minimum absolute atomic E-state index is 0. The van der Waals surface area contributed by atoms with Crippen LogP contribution in [0.15, 0.2) is 87.1 Å². The number of amidine groups is 1. The van der Waals surface area contributed by atoms with Crippen molar-refractivity contribution in [2.24, 2.45) is 17.9 Å². The maximum atomic E-state index is 13.1. The number of aromatic nitrogens is 5. The van der Waals surface area contributed by atoms with Crippen molar-refractivity contribution in [2.45, 2.75) is 19.8 Å². The number of halogens is 8. The molecule has 0 bridgehead atoms. The molecule has 3 heterocycles. The van der Waals surface area contributed by atoms with Crippen molar-refractivity contribution in [1.29, 1.82) is 0 Å². The Morgan fingerprint density at radius 2 is 1.50 bits per heavy atom. The van der Waals surface area contributed by atoms with Gasteiger partial charge in [-0.2, -0.15) is 31.4 Å². The van der Waals surface area contributed by atoms with Crippen LogP contribution < -0.4 is 11.2 Å². The van der Waals surface area contributed by atoms with Crippen molar-refractivity contribution in [1.82, 2.24) is 30.2 Å². The quantitative estimate of drug-likeness (QED) is 0.0441. The number of nitrogens with one attached hydrogen (secondary N) is 1. The number of carbonyl (C=O) groups is 1. The first-order valence-corrected chi connectivity index (χ1v) is 14.9. The summed E-state index contributed by atoms with van der Waals surface area (Å²) in [7, 11) is 2.96. The predicted molar refractivity (Wildman–Crippen MR) is 217 cm³/mol. The lowest BCUT2D eigenvalue weighted by molar-refractivity contribution is -0.138. The van der Waals surface area contributed by atoms with Gasteiger partial charge in [-0.05, 0) is 60.7 Å². The summed E-state index contributed by atoms with van der Waals surface area (Å²) in [6, 6.07) is 13.6. The molecule has 0 saturated heterocycles. The average Bonchev–Trinajstić information content (AvgIpc) is 3.94. The summed E-state index contributed by atoms with van der Waals surface area (Å²) in [4.78, 5) is 21.7. The number of nitrogens with two attached hydrogens (primary N) is 1. The van der Waals surface area contributed by atoms with Gasteiger partial charge < -0.3 is 21.4 Å². The van der Waals surface area contributed by atoms with Crippen LogP contribution in [0, 0.1) is 0 Å². The van der Waals surface area contributed by atoms with E-state index in [2.05, 4.69) is 62.4 Å². The molecule has 11 nitrogen and oxygen atoms in total. The molecule has 0 spiro atoms. The van der Waals surface area contributed by atoms with Gasteiger partial charge in [0, 0.05) is 84.4 Å². The fourth-order valence-corrected chi connectivity index (χ4v) is 4.59. The van der Waals surface area contributed by atoms with Gasteiger partial charge in [-0.3, -0.25) is 14.8 Å². The Kier molecular flexibility index (Phi) is 7.95. The van der Waals surface area contributed by atoms with Gasteiger partial charge in [0.15, 0.2) is 17.9 Å². The van der Waals surface area contributed by atoms with E-state index < -0.39 is 23.5 Å². The highest BCUT2D eigenvalue weighted by molar-refractivity contribution is 9.10. The molecule has 0 fully saturated rings. The number of pyridine rings is 2. The zero-order valence-electron chi connectivity index (χ0n) is 57.1. The van der Waals surface area contributed by atoms with Crippen molar-refractivity contribution in [3.8, 4) is 34.4 Å². The van der Waals surface area contributed by atoms with E-state index in [4.69, 9.17) is 58.4 Å². The lowest BCUT2D eigenvalue weighted by Gasteiger charge is -2.10. The Bertz CT molecular complexity index is 2030. The molecular formula is C31H62Br2F6N8O3. The summed E-state index contributed by atoms with van der Waals surface area (Å²) in [6.07, 6.45) is -5.97. The summed E-state index contributed by atoms with van der Waals surface area (Å²) in [5.41, 5.74) is 5.72. The molecule has 0 radical (unpaired) electrons. The van der Waals surface area contributed by atoms with Crippen LogP contribution in [0.25, 0.3) is 22.9 Å². The maximum absolute atomic E-state index is 13.1. The largest absolute Gasteiger partial charge is 0.507 e. The standard InChI is InChI=1S/C15H10BrF3N4O.C8H9F3N4.C7H5BrO2.CH4.17H2/c1-23-14(9-7-8(16)4-5-11(9)24)21-13(22-23)12-10(15(17,18)19)3-2-6-20-12;1-13-15-7(12)6-5(8(9,10)11)3-2-4-14-6;8-6-1-2-7(10)5(3-6)4-9;;;;;;;;;;;;;;;;;;/h2-7,24H,1H3;2-4,13H,1H3,(H2,12,15);1-4,10H;1H4;17*1H/i;;;;16*1+2T;1+2. The van der Waals surface area contributed by atoms with E-state index in [1.54, 1.807) is 24.3 Å². The molecule has 5 aromatic rings. The zero-order chi connectivity index (χ0) is 68.5. The first-order valence-electron chi connectivity index (χ1n) is 29.4. The number of hydrazone groups is 1. The Hall–Kier alpha value is -5.04. The van der Waals surface area contributed by atoms with Gasteiger partial charge in [0.2, 0.25) is 5.82 Å². The van der Waals surface area contributed by atoms with Gasteiger partial charge in [-0.25, -0.2) is 9.67 Å². The first kappa shape index (κ1) is 22.6. The zero-order valence-corrected chi connectivity index (χ0v) is 28.3. The molecule has 50 heavy (non-hydrogen) atoms. The third-order valence-corrected chi connectivity index (χ3v) is 6.98. The Morgan fingerprint density at radius 1 is 0.940 bits per heavy atom. The minimum Gasteiger partial charge on any atom is -0.507 e. The lowest BCUT2D eigenvalue weighted by atomic mass is 10.1. The van der Waals surface area contributed by atoms with Crippen molar-refractivity contribution >= 4 is 44.0 Å². The molecule has 0 unspecified atom stereocenters. The van der Waals surface area contributed by atoms with Gasteiger partial charge in [0.1, 0.15) is 22.9 Å². The number of aromatic hydroxyl groups is 2. The van der Waals surface area contributed by atoms with Crippen LogP contribution in [0.1, 0.15) is 83.5 Å². The summed E-state index contributed by atoms with van der Waals surface area (Å²) in [5, 5.41) is 26.4. The first-order chi connectivity index (χ1) is 39.0. The van der Waals surface area contributed by atoms with Crippen LogP contribution in [0.4, 0.5) is 26.3 Å². The second-order valence-electron chi connectivity index (χ2n) is 9.38. The van der Waals surface area contributed by atoms with Crippen LogP contribution >= 0.6 is 31.9 Å². The van der Waals surface area contributed by atoms with Crippen molar-refractivity contribution in [3.05, 3.63) is 104 Å². The molecule has 0 saturated carbocycles. The second kappa shape index (κ2) is 17.6. The number of phenolic OH excluding ortho intramolecular Hbond substituents is 2. The second-order valence-corrected chi connectivity index (χ2v) is 11.2. The van der Waals surface area contributed by atoms with Gasteiger partial charge in [-0.1, -0.05) is 39.3 Å². The molecule has 2 aromatic carbocycles. The Labute approximate surface area is 349 Å². The fourth-order valence-electron chi connectivity index (χ4n) is 3.85. The maximum Gasteiger partial charge on any atom is 0.418 e. The topological polar surface area (TPSA) is 164 Å². The van der Waals surface area contributed by atoms with Gasteiger partial charge >= 0.3 is 12.4 Å². The summed E-state index contributed by atoms with van der Waals surface area (Å²) >= 11 is 6.45. The van der Waals surface area contributed by atoms with E-state index in [1.807, 2.05) is 0 Å². The van der Waals surface area contributed by atoms with Crippen LogP contribution in [0.3, 0.4) is 0 Å². The highest BCUT2D eigenvalue weighted by Crippen LogP contribution is 2.36. The van der Waals surface area contributed by atoms with E-state index in [-0.39, 0.29) is 49.2 Å². The van der Waals surface area contributed by atoms with Crippen LogP contribution in [0.2, 0.25) is 0 Å². The van der Waals surface area contributed by atoms with Crippen molar-refractivity contribution < 1.29 is 90.3 Å². The normalized spacial score (nSPS) is 13.8. The molecular weight excluding hydrogens is 806 g/mol. The van der Waals surface area contributed by atoms with Crippen molar-refractivity contribution in [3.63, 3.8) is 0 Å². The number of rotatable bonds is 5. The Balaban J connectivity index is -0.0000000477. The Morgan fingerprint density at radius 3 is 2.06 bits per heavy atom. The number of aldehydes is 1. The van der Waals surface area contributed by atoms with E-state index in [0.29, 0.717) is 21.9 Å². The third kappa shape index (κ3) is 10.7. The van der Waals surface area contributed by atoms with Gasteiger partial charge in [0.05, 0.1) is 22.3 Å². The van der Waals surface area contributed by atoms with Gasteiger partial charge in [-0.15, -0.1) is 5.10 Å². The SMILES string of the molecule is C.CN/N=C(\N)c1ncccc1C(F)(F)F.Cn1nc(-c2ncccc2C(F)(F)F)nc1-c1cc(Br)ccc1O.O=Cc1cc(Br)ccc1O.[3HH].[3H][3H].[3H][3H].[3H][3H].[3H][3H].[3H][3H].[3H][3H].[3H][3H].[3H][3H].[3H][3H].[3H][3H].[3H][3H].[3H][3H].[3H][3H].[3H][3H].[3H][3H].[3H][3H]. The molecule has 5 rings (SSSR count). The smallest absolute Gasteiger partial charge is 0.418 e. The number of hydrogen-bond acceptors (Lipinski definition) is 9. The van der Waals surface area contributed by atoms with E-state index in [1.165, 1.54) is 55.4 Å². The number of hydrogen-bond donors (Lipinski definition) is 4. The molecule has 300 valence electrons. The minimum atomic E-state index is -4.57. The van der Waals surface area contributed by atoms with Crippen LogP contribution in [0.5, 0.6) is 11.5 Å². The molecule has 0 atom stereocenters. The average molecular weight is 935 g/mol. The summed E-state index contributed by atoms with van der Waals surface area (Å²) in [6.45, 7) is 0. The molecule has 0 amide bonds. The van der Waals surface area contributed by atoms with Gasteiger partial charge in [0.25, 0.3) is 0 Å². The molecule has 0 aliphatic heterocycles. The summed E-state index contributed by atoms with van der Waals surface area (Å²) < 4.78 is 240. The summed E-state index contributed by atoms with van der Waals surface area (Å²) in [5.74, 6) is -0.289. The van der Waals surface area contributed by atoms with Crippen LogP contribution in [-0.2, 0) is 19.4 Å². The number of aryl methyl sites for hydroxylation is 1. The number of carbonyl (C=O) groups excluding carboxylic acids is 1. The monoisotopic (exact) mass is 933 g/mol. The third-order valence-electron chi connectivity index (χ3n) is 5.99. The predicted octanol–water partition coefficient (Wildman–Crippen LogP) is 11.8. The van der Waals surface area contributed by atoms with E-state index >= 15 is 0 Å². The highest BCUT2D eigenvalue weighted by Gasteiger charge is 2.36. The highest BCUT2D eigenvalue weighted by atomic mass is 79.9. The number of nitrogens with zero attached hydrogens (tertiary/aromatic N) is 6. The van der Waals surface area contributed by atoms with E-state index in [9.17, 15) is 36.2 Å².